The second kappa shape index (κ2) is 9.42. The summed E-state index contributed by atoms with van der Waals surface area (Å²) in [4.78, 5) is 15.2. The lowest BCUT2D eigenvalue weighted by molar-refractivity contribution is -0.122. The van der Waals surface area contributed by atoms with Crippen molar-refractivity contribution in [3.63, 3.8) is 0 Å². The molecule has 146 valence electrons. The van der Waals surface area contributed by atoms with E-state index in [1.807, 2.05) is 54.6 Å². The number of nitrogens with zero attached hydrogens (tertiary/aromatic N) is 3. The molecule has 0 saturated carbocycles. The Balaban J connectivity index is 1.63. The summed E-state index contributed by atoms with van der Waals surface area (Å²) in [5.41, 5.74) is 3.96. The number of piperidine rings is 1. The molecule has 6 heteroatoms. The Morgan fingerprint density at radius 3 is 2.70 bits per heavy atom. The molecule has 0 spiro atoms. The SMILES string of the molecule is CSCCCN1CCCC[C@H]1C(=O)Nc1ccc(-n2nc(C)cc2C)cc1. The van der Waals surface area contributed by atoms with Crippen LogP contribution < -0.4 is 5.32 Å². The summed E-state index contributed by atoms with van der Waals surface area (Å²) in [5, 5.41) is 7.63. The number of amides is 1. The minimum atomic E-state index is -0.00343. The highest BCUT2D eigenvalue weighted by Crippen LogP contribution is 2.21. The number of hydrogen-bond acceptors (Lipinski definition) is 4. The summed E-state index contributed by atoms with van der Waals surface area (Å²) >= 11 is 1.87. The van der Waals surface area contributed by atoms with Crippen LogP contribution >= 0.6 is 11.8 Å². The molecule has 5 nitrogen and oxygen atoms in total. The maximum atomic E-state index is 12.8. The van der Waals surface area contributed by atoms with Crippen molar-refractivity contribution >= 4 is 23.4 Å². The standard InChI is InChI=1S/C21H30N4OS/c1-16-15-17(2)25(23-16)19-10-8-18(9-11-19)22-21(26)20-7-4-5-12-24(20)13-6-14-27-3/h8-11,15,20H,4-7,12-14H2,1-3H3,(H,22,26)/t20-/m0/s1. The van der Waals surface area contributed by atoms with Crippen LogP contribution in [0.15, 0.2) is 30.3 Å². The van der Waals surface area contributed by atoms with Crippen molar-refractivity contribution in [1.29, 1.82) is 0 Å². The molecule has 1 saturated heterocycles. The molecule has 3 rings (SSSR count). The molecule has 1 atom stereocenters. The number of carbonyl (C=O) groups is 1. The van der Waals surface area contributed by atoms with E-state index in [4.69, 9.17) is 0 Å². The number of rotatable bonds is 7. The third-order valence-electron chi connectivity index (χ3n) is 5.10. The molecule has 2 aromatic rings. The molecule has 1 aliphatic heterocycles. The van der Waals surface area contributed by atoms with E-state index in [1.165, 1.54) is 6.42 Å². The molecule has 1 amide bonds. The monoisotopic (exact) mass is 386 g/mol. The van der Waals surface area contributed by atoms with Gasteiger partial charge in [0.1, 0.15) is 0 Å². The van der Waals surface area contributed by atoms with Crippen molar-refractivity contribution in [2.45, 2.75) is 45.6 Å². The largest absolute Gasteiger partial charge is 0.325 e. The highest BCUT2D eigenvalue weighted by molar-refractivity contribution is 7.98. The number of aryl methyl sites for hydroxylation is 2. The van der Waals surface area contributed by atoms with Crippen molar-refractivity contribution in [3.05, 3.63) is 41.7 Å². The number of thioether (sulfide) groups is 1. The molecule has 27 heavy (non-hydrogen) atoms. The lowest BCUT2D eigenvalue weighted by Crippen LogP contribution is -2.47. The zero-order chi connectivity index (χ0) is 19.2. The van der Waals surface area contributed by atoms with Gasteiger partial charge in [0.05, 0.1) is 17.4 Å². The van der Waals surface area contributed by atoms with Gasteiger partial charge in [-0.25, -0.2) is 4.68 Å². The quantitative estimate of drug-likeness (QED) is 0.730. The van der Waals surface area contributed by atoms with Gasteiger partial charge in [-0.15, -0.1) is 0 Å². The van der Waals surface area contributed by atoms with Crippen LogP contribution in [0.2, 0.25) is 0 Å². The number of carbonyl (C=O) groups excluding carboxylic acids is 1. The van der Waals surface area contributed by atoms with Gasteiger partial charge in [0.2, 0.25) is 5.91 Å². The van der Waals surface area contributed by atoms with Crippen molar-refractivity contribution in [1.82, 2.24) is 14.7 Å². The summed E-state index contributed by atoms with van der Waals surface area (Å²) < 4.78 is 1.93. The molecule has 1 aromatic heterocycles. The van der Waals surface area contributed by atoms with Crippen LogP contribution in [-0.4, -0.2) is 51.7 Å². The molecule has 1 N–H and O–H groups in total. The van der Waals surface area contributed by atoms with Crippen LogP contribution in [0.1, 0.15) is 37.1 Å². The summed E-state index contributed by atoms with van der Waals surface area (Å²) in [5.74, 6) is 1.27. The average Bonchev–Trinajstić information content (AvgIpc) is 3.01. The lowest BCUT2D eigenvalue weighted by atomic mass is 10.0. The van der Waals surface area contributed by atoms with Crippen molar-refractivity contribution < 1.29 is 4.79 Å². The van der Waals surface area contributed by atoms with Crippen molar-refractivity contribution in [2.24, 2.45) is 0 Å². The van der Waals surface area contributed by atoms with E-state index in [-0.39, 0.29) is 11.9 Å². The predicted molar refractivity (Wildman–Crippen MR) is 114 cm³/mol. The first-order chi connectivity index (χ1) is 13.1. The molecule has 0 unspecified atom stereocenters. The average molecular weight is 387 g/mol. The van der Waals surface area contributed by atoms with Crippen molar-refractivity contribution in [2.75, 3.05) is 30.4 Å². The molecule has 0 aliphatic carbocycles. The summed E-state index contributed by atoms with van der Waals surface area (Å²) in [7, 11) is 0. The zero-order valence-corrected chi connectivity index (χ0v) is 17.4. The van der Waals surface area contributed by atoms with Gasteiger partial charge in [-0.2, -0.15) is 16.9 Å². The molecule has 0 radical (unpaired) electrons. The molecular formula is C21H30N4OS. The Morgan fingerprint density at radius 2 is 2.04 bits per heavy atom. The Morgan fingerprint density at radius 1 is 1.26 bits per heavy atom. The van der Waals surface area contributed by atoms with Gasteiger partial charge < -0.3 is 5.32 Å². The number of anilines is 1. The first-order valence-electron chi connectivity index (χ1n) is 9.76. The Bertz CT molecular complexity index is 756. The van der Waals surface area contributed by atoms with Crippen LogP contribution in [0.25, 0.3) is 5.69 Å². The number of nitrogens with one attached hydrogen (secondary N) is 1. The van der Waals surface area contributed by atoms with Gasteiger partial charge in [-0.05, 0) is 88.5 Å². The van der Waals surface area contributed by atoms with E-state index < -0.39 is 0 Å². The van der Waals surface area contributed by atoms with Crippen LogP contribution in [0, 0.1) is 13.8 Å². The lowest BCUT2D eigenvalue weighted by Gasteiger charge is -2.34. The van der Waals surface area contributed by atoms with E-state index in [0.717, 1.165) is 60.9 Å². The fourth-order valence-corrected chi connectivity index (χ4v) is 4.19. The van der Waals surface area contributed by atoms with Gasteiger partial charge >= 0.3 is 0 Å². The van der Waals surface area contributed by atoms with E-state index in [1.54, 1.807) is 0 Å². The van der Waals surface area contributed by atoms with Gasteiger partial charge in [0.15, 0.2) is 0 Å². The van der Waals surface area contributed by atoms with Crippen LogP contribution in [-0.2, 0) is 4.79 Å². The van der Waals surface area contributed by atoms with E-state index >= 15 is 0 Å². The van der Waals surface area contributed by atoms with Crippen LogP contribution in [0.3, 0.4) is 0 Å². The fraction of sp³-hybridized carbons (Fsp3) is 0.524. The summed E-state index contributed by atoms with van der Waals surface area (Å²) in [6.07, 6.45) is 6.56. The highest BCUT2D eigenvalue weighted by Gasteiger charge is 2.28. The van der Waals surface area contributed by atoms with Crippen LogP contribution in [0.5, 0.6) is 0 Å². The number of likely N-dealkylation sites (tertiary alicyclic amines) is 1. The number of hydrogen-bond donors (Lipinski definition) is 1. The van der Waals surface area contributed by atoms with Gasteiger partial charge in [0.25, 0.3) is 0 Å². The summed E-state index contributed by atoms with van der Waals surface area (Å²) in [6, 6.07) is 9.99. The molecule has 1 aliphatic rings. The third kappa shape index (κ3) is 5.14. The minimum absolute atomic E-state index is 0.00343. The smallest absolute Gasteiger partial charge is 0.241 e. The normalized spacial score (nSPS) is 17.8. The predicted octanol–water partition coefficient (Wildman–Crippen LogP) is 4.04. The number of aromatic nitrogens is 2. The first kappa shape index (κ1) is 20.0. The van der Waals surface area contributed by atoms with E-state index in [9.17, 15) is 4.79 Å². The second-order valence-corrected chi connectivity index (χ2v) is 8.25. The molecular weight excluding hydrogens is 356 g/mol. The Kier molecular flexibility index (Phi) is 6.96. The zero-order valence-electron chi connectivity index (χ0n) is 16.6. The second-order valence-electron chi connectivity index (χ2n) is 7.27. The van der Waals surface area contributed by atoms with E-state index in [2.05, 4.69) is 27.6 Å². The maximum absolute atomic E-state index is 12.8. The Hall–Kier alpha value is -1.79. The van der Waals surface area contributed by atoms with Gasteiger partial charge in [-0.1, -0.05) is 6.42 Å². The Labute approximate surface area is 166 Å². The van der Waals surface area contributed by atoms with E-state index in [0.29, 0.717) is 0 Å². The van der Waals surface area contributed by atoms with Crippen LogP contribution in [0.4, 0.5) is 5.69 Å². The fourth-order valence-electron chi connectivity index (χ4n) is 3.77. The highest BCUT2D eigenvalue weighted by atomic mass is 32.2. The molecule has 2 heterocycles. The van der Waals surface area contributed by atoms with Gasteiger partial charge in [-0.3, -0.25) is 9.69 Å². The molecule has 1 fully saturated rings. The minimum Gasteiger partial charge on any atom is -0.325 e. The summed E-state index contributed by atoms with van der Waals surface area (Å²) in [6.45, 7) is 6.08. The molecule has 0 bridgehead atoms. The van der Waals surface area contributed by atoms with Gasteiger partial charge in [0, 0.05) is 11.4 Å². The number of benzene rings is 1. The maximum Gasteiger partial charge on any atom is 0.241 e. The molecule has 1 aromatic carbocycles. The topological polar surface area (TPSA) is 50.2 Å². The first-order valence-corrected chi connectivity index (χ1v) is 11.2. The third-order valence-corrected chi connectivity index (χ3v) is 5.80. The van der Waals surface area contributed by atoms with Crippen molar-refractivity contribution in [3.8, 4) is 5.69 Å².